The molecule has 0 aliphatic heterocycles. The highest BCUT2D eigenvalue weighted by Gasteiger charge is 2.04. The largest absolute Gasteiger partial charge is 0.496 e. The van der Waals surface area contributed by atoms with Crippen LogP contribution in [-0.4, -0.2) is 24.0 Å². The molecule has 0 fully saturated rings. The van der Waals surface area contributed by atoms with Crippen molar-refractivity contribution < 1.29 is 19.5 Å². The average Bonchev–Trinajstić information content (AvgIpc) is 3.12. The summed E-state index contributed by atoms with van der Waals surface area (Å²) in [4.78, 5) is 23.6. The topological polar surface area (TPSA) is 75.6 Å². The number of ketones is 1. The molecular weight excluding hydrogens is 314 g/mol. The van der Waals surface area contributed by atoms with Crippen LogP contribution in [0.4, 0.5) is 0 Å². The van der Waals surface area contributed by atoms with Crippen molar-refractivity contribution in [2.45, 2.75) is 0 Å². The molecule has 1 aromatic heterocycles. The molecule has 1 heterocycles. The van der Waals surface area contributed by atoms with Gasteiger partial charge in [0.25, 0.3) is 5.91 Å². The van der Waals surface area contributed by atoms with Gasteiger partial charge in [-0.25, -0.2) is 5.48 Å². The Morgan fingerprint density at radius 3 is 2.70 bits per heavy atom. The summed E-state index contributed by atoms with van der Waals surface area (Å²) in [5, 5.41) is 10.3. The number of benzene rings is 1. The van der Waals surface area contributed by atoms with Crippen molar-refractivity contribution in [3.05, 3.63) is 63.9 Å². The van der Waals surface area contributed by atoms with Crippen molar-refractivity contribution >= 4 is 35.2 Å². The predicted octanol–water partition coefficient (Wildman–Crippen LogP) is 3.17. The van der Waals surface area contributed by atoms with Gasteiger partial charge < -0.3 is 4.74 Å². The number of hydrogen-bond donors (Lipinski definition) is 2. The highest BCUT2D eigenvalue weighted by molar-refractivity contribution is 7.12. The summed E-state index contributed by atoms with van der Waals surface area (Å²) in [5.74, 6) is -0.105. The summed E-state index contributed by atoms with van der Waals surface area (Å²) in [7, 11) is 1.53. The molecule has 2 N–H and O–H groups in total. The monoisotopic (exact) mass is 329 g/mol. The molecule has 0 aliphatic rings. The number of hydrogen-bond acceptors (Lipinski definition) is 5. The van der Waals surface area contributed by atoms with Crippen LogP contribution in [0.1, 0.15) is 20.8 Å². The molecule has 1 amide bonds. The molecule has 0 saturated carbocycles. The first-order chi connectivity index (χ1) is 11.1. The lowest BCUT2D eigenvalue weighted by molar-refractivity contribution is -0.124. The Labute approximate surface area is 137 Å². The van der Waals surface area contributed by atoms with Gasteiger partial charge in [-0.2, -0.15) is 0 Å². The van der Waals surface area contributed by atoms with Gasteiger partial charge in [0.05, 0.1) is 12.0 Å². The Morgan fingerprint density at radius 2 is 2.04 bits per heavy atom. The summed E-state index contributed by atoms with van der Waals surface area (Å²) in [6, 6.07) is 8.90. The fourth-order valence-corrected chi connectivity index (χ4v) is 2.49. The van der Waals surface area contributed by atoms with Gasteiger partial charge in [-0.1, -0.05) is 18.2 Å². The van der Waals surface area contributed by atoms with Crippen LogP contribution >= 0.6 is 11.3 Å². The second-order valence-corrected chi connectivity index (χ2v) is 5.43. The van der Waals surface area contributed by atoms with Crippen LogP contribution in [0.25, 0.3) is 12.2 Å². The van der Waals surface area contributed by atoms with Crippen molar-refractivity contribution in [1.82, 2.24) is 5.48 Å². The molecule has 6 heteroatoms. The molecular formula is C17H15NO4S. The number of ether oxygens (including phenoxy) is 1. The molecule has 23 heavy (non-hydrogen) atoms. The number of methoxy groups -OCH3 is 1. The minimum absolute atomic E-state index is 0.0642. The van der Waals surface area contributed by atoms with E-state index < -0.39 is 5.91 Å². The predicted molar refractivity (Wildman–Crippen MR) is 89.6 cm³/mol. The van der Waals surface area contributed by atoms with E-state index in [1.54, 1.807) is 36.4 Å². The molecule has 0 spiro atoms. The molecule has 2 rings (SSSR count). The van der Waals surface area contributed by atoms with Crippen LogP contribution in [0.2, 0.25) is 0 Å². The minimum Gasteiger partial charge on any atom is -0.496 e. The highest BCUT2D eigenvalue weighted by Crippen LogP contribution is 2.23. The van der Waals surface area contributed by atoms with E-state index >= 15 is 0 Å². The Morgan fingerprint density at radius 1 is 1.22 bits per heavy atom. The number of carbonyl (C=O) groups excluding carboxylic acids is 2. The second kappa shape index (κ2) is 8.07. The zero-order valence-electron chi connectivity index (χ0n) is 12.4. The van der Waals surface area contributed by atoms with E-state index in [1.807, 2.05) is 11.4 Å². The van der Waals surface area contributed by atoms with Gasteiger partial charge in [0.1, 0.15) is 5.75 Å². The third kappa shape index (κ3) is 4.64. The summed E-state index contributed by atoms with van der Waals surface area (Å²) in [6.07, 6.45) is 5.93. The first kappa shape index (κ1) is 16.7. The van der Waals surface area contributed by atoms with Crippen LogP contribution in [0.3, 0.4) is 0 Å². The Bertz CT molecular complexity index is 748. The molecule has 118 valence electrons. The second-order valence-electron chi connectivity index (χ2n) is 4.49. The Kier molecular flexibility index (Phi) is 5.85. The van der Waals surface area contributed by atoms with E-state index in [-0.39, 0.29) is 5.78 Å². The summed E-state index contributed by atoms with van der Waals surface area (Å²) in [5.41, 5.74) is 3.00. The molecule has 0 saturated heterocycles. The molecule has 0 atom stereocenters. The van der Waals surface area contributed by atoms with Gasteiger partial charge in [0.2, 0.25) is 0 Å². The van der Waals surface area contributed by atoms with Crippen molar-refractivity contribution in [2.75, 3.05) is 7.11 Å². The third-order valence-electron chi connectivity index (χ3n) is 2.97. The van der Waals surface area contributed by atoms with Crippen LogP contribution in [0.15, 0.2) is 47.9 Å². The Hall–Kier alpha value is -2.70. The van der Waals surface area contributed by atoms with Gasteiger partial charge in [-0.15, -0.1) is 11.3 Å². The van der Waals surface area contributed by atoms with Crippen molar-refractivity contribution in [1.29, 1.82) is 0 Å². The fourth-order valence-electron chi connectivity index (χ4n) is 1.84. The van der Waals surface area contributed by atoms with Crippen LogP contribution in [-0.2, 0) is 4.79 Å². The third-order valence-corrected chi connectivity index (χ3v) is 3.86. The normalized spacial score (nSPS) is 11.0. The average molecular weight is 329 g/mol. The molecule has 2 aromatic rings. The number of allylic oxidation sites excluding steroid dienone is 1. The minimum atomic E-state index is -0.616. The number of rotatable bonds is 6. The summed E-state index contributed by atoms with van der Waals surface area (Å²) < 4.78 is 5.30. The van der Waals surface area contributed by atoms with Gasteiger partial charge in [0, 0.05) is 11.6 Å². The number of thiophene rings is 1. The van der Waals surface area contributed by atoms with E-state index in [2.05, 4.69) is 0 Å². The molecule has 5 nitrogen and oxygen atoms in total. The first-order valence-electron chi connectivity index (χ1n) is 6.70. The smallest absolute Gasteiger partial charge is 0.267 e. The molecule has 0 bridgehead atoms. The van der Waals surface area contributed by atoms with E-state index in [1.165, 1.54) is 36.1 Å². The van der Waals surface area contributed by atoms with E-state index in [4.69, 9.17) is 9.94 Å². The van der Waals surface area contributed by atoms with Crippen LogP contribution in [0.5, 0.6) is 5.75 Å². The standard InChI is InChI=1S/C17H15NO4S/c1-22-15-11-12(5-9-17(20)18-21)4-6-13(15)7-8-14(19)16-3-2-10-23-16/h2-11,21H,1H3,(H,18,20)/b8-7+,9-5+. The lowest BCUT2D eigenvalue weighted by atomic mass is 10.1. The molecule has 0 aliphatic carbocycles. The number of amides is 1. The number of hydroxylamine groups is 1. The quantitative estimate of drug-likeness (QED) is 0.369. The van der Waals surface area contributed by atoms with Gasteiger partial charge in [-0.3, -0.25) is 14.8 Å². The fraction of sp³-hybridized carbons (Fsp3) is 0.0588. The van der Waals surface area contributed by atoms with Crippen LogP contribution in [0, 0.1) is 0 Å². The maximum absolute atomic E-state index is 12.0. The van der Waals surface area contributed by atoms with Gasteiger partial charge in [0.15, 0.2) is 5.78 Å². The van der Waals surface area contributed by atoms with E-state index in [0.29, 0.717) is 10.6 Å². The maximum atomic E-state index is 12.0. The lowest BCUT2D eigenvalue weighted by Gasteiger charge is -2.06. The SMILES string of the molecule is COc1cc(/C=C/C(=O)NO)ccc1/C=C/C(=O)c1cccs1. The van der Waals surface area contributed by atoms with Crippen LogP contribution < -0.4 is 10.2 Å². The summed E-state index contributed by atoms with van der Waals surface area (Å²) in [6.45, 7) is 0. The van der Waals surface area contributed by atoms with Crippen molar-refractivity contribution in [3.8, 4) is 5.75 Å². The zero-order valence-corrected chi connectivity index (χ0v) is 13.2. The maximum Gasteiger partial charge on any atom is 0.267 e. The number of nitrogens with one attached hydrogen (secondary N) is 1. The van der Waals surface area contributed by atoms with E-state index in [0.717, 1.165) is 11.1 Å². The molecule has 1 aromatic carbocycles. The number of carbonyl (C=O) groups is 2. The highest BCUT2D eigenvalue weighted by atomic mass is 32.1. The molecule has 0 unspecified atom stereocenters. The first-order valence-corrected chi connectivity index (χ1v) is 7.58. The van der Waals surface area contributed by atoms with E-state index in [9.17, 15) is 9.59 Å². The lowest BCUT2D eigenvalue weighted by Crippen LogP contribution is -2.14. The molecule has 0 radical (unpaired) electrons. The van der Waals surface area contributed by atoms with Gasteiger partial charge in [-0.05, 0) is 41.3 Å². The van der Waals surface area contributed by atoms with Crippen molar-refractivity contribution in [2.24, 2.45) is 0 Å². The summed E-state index contributed by atoms with van der Waals surface area (Å²) >= 11 is 1.39. The van der Waals surface area contributed by atoms with Gasteiger partial charge >= 0.3 is 0 Å². The van der Waals surface area contributed by atoms with Crippen molar-refractivity contribution in [3.63, 3.8) is 0 Å². The zero-order chi connectivity index (χ0) is 16.7. The Balaban J connectivity index is 2.18.